The van der Waals surface area contributed by atoms with E-state index in [1.165, 1.54) is 5.56 Å². The molecule has 2 aromatic heterocycles. The second-order valence-electron chi connectivity index (χ2n) is 8.48. The molecule has 1 aliphatic heterocycles. The summed E-state index contributed by atoms with van der Waals surface area (Å²) in [4.78, 5) is 15.6. The van der Waals surface area contributed by atoms with E-state index in [4.69, 9.17) is 19.2 Å². The molecule has 0 spiro atoms. The molecule has 0 aliphatic carbocycles. The lowest BCUT2D eigenvalue weighted by Gasteiger charge is -2.35. The standard InChI is InChI=1S/C26H28N6O3/c1-16-6-8-19(33-4)11-20(16)22-14-35-24-12-27-26(30-25(24)31(22)3)29-18-7-9-21(23(10-18)34-5)32-13-17(2)28-15-32/h6-13,15,22H,14H2,1-5H3,(H,27,29,30). The fourth-order valence-electron chi connectivity index (χ4n) is 4.26. The molecule has 3 heterocycles. The van der Waals surface area contributed by atoms with Crippen molar-refractivity contribution in [2.75, 3.05) is 38.1 Å². The van der Waals surface area contributed by atoms with Gasteiger partial charge in [-0.2, -0.15) is 4.98 Å². The highest BCUT2D eigenvalue weighted by atomic mass is 16.5. The van der Waals surface area contributed by atoms with Crippen LogP contribution < -0.4 is 24.4 Å². The number of nitrogens with one attached hydrogen (secondary N) is 1. The molecule has 1 N–H and O–H groups in total. The van der Waals surface area contributed by atoms with Gasteiger partial charge in [-0.1, -0.05) is 6.07 Å². The fourth-order valence-corrected chi connectivity index (χ4v) is 4.26. The van der Waals surface area contributed by atoms with Crippen molar-refractivity contribution in [3.8, 4) is 22.9 Å². The molecule has 0 bridgehead atoms. The third-order valence-electron chi connectivity index (χ3n) is 6.21. The van der Waals surface area contributed by atoms with Crippen LogP contribution in [0.4, 0.5) is 17.5 Å². The van der Waals surface area contributed by atoms with Crippen molar-refractivity contribution < 1.29 is 14.2 Å². The Morgan fingerprint density at radius 3 is 2.66 bits per heavy atom. The van der Waals surface area contributed by atoms with Crippen LogP contribution in [0.15, 0.2) is 55.1 Å². The van der Waals surface area contributed by atoms with E-state index in [0.717, 1.165) is 34.2 Å². The zero-order valence-electron chi connectivity index (χ0n) is 20.4. The third kappa shape index (κ3) is 4.32. The number of benzene rings is 2. The van der Waals surface area contributed by atoms with E-state index in [2.05, 4.69) is 39.2 Å². The molecule has 0 fully saturated rings. The SMILES string of the molecule is COc1ccc(C)c(C2COc3cnc(Nc4ccc(-n5cnc(C)c5)c(OC)c4)nc3N2C)c1. The van der Waals surface area contributed by atoms with Gasteiger partial charge in [0.15, 0.2) is 11.6 Å². The van der Waals surface area contributed by atoms with Gasteiger partial charge in [0, 0.05) is 25.0 Å². The Morgan fingerprint density at radius 2 is 1.91 bits per heavy atom. The molecule has 180 valence electrons. The average Bonchev–Trinajstić information content (AvgIpc) is 3.31. The minimum atomic E-state index is -0.00151. The molecule has 0 saturated heterocycles. The zero-order chi connectivity index (χ0) is 24.5. The summed E-state index contributed by atoms with van der Waals surface area (Å²) in [5.74, 6) is 3.37. The Morgan fingerprint density at radius 1 is 1.06 bits per heavy atom. The average molecular weight is 473 g/mol. The first-order valence-corrected chi connectivity index (χ1v) is 11.3. The van der Waals surface area contributed by atoms with Crippen LogP contribution in [0, 0.1) is 13.8 Å². The summed E-state index contributed by atoms with van der Waals surface area (Å²) in [6.45, 7) is 4.54. The van der Waals surface area contributed by atoms with Crippen LogP contribution in [0.25, 0.3) is 5.69 Å². The molecule has 35 heavy (non-hydrogen) atoms. The maximum Gasteiger partial charge on any atom is 0.229 e. The van der Waals surface area contributed by atoms with Gasteiger partial charge in [0.2, 0.25) is 5.95 Å². The highest BCUT2D eigenvalue weighted by Gasteiger charge is 2.29. The Hall–Kier alpha value is -4.27. The molecule has 9 nitrogen and oxygen atoms in total. The summed E-state index contributed by atoms with van der Waals surface area (Å²) < 4.78 is 19.0. The van der Waals surface area contributed by atoms with Crippen molar-refractivity contribution in [2.45, 2.75) is 19.9 Å². The minimum Gasteiger partial charge on any atom is -0.497 e. The number of hydrogen-bond donors (Lipinski definition) is 1. The van der Waals surface area contributed by atoms with Gasteiger partial charge in [0.1, 0.15) is 18.1 Å². The maximum absolute atomic E-state index is 6.03. The summed E-state index contributed by atoms with van der Waals surface area (Å²) in [5, 5.41) is 3.29. The molecule has 0 saturated carbocycles. The Kier molecular flexibility index (Phi) is 5.90. The van der Waals surface area contributed by atoms with Crippen LogP contribution in [0.3, 0.4) is 0 Å². The molecule has 1 atom stereocenters. The van der Waals surface area contributed by atoms with E-state index >= 15 is 0 Å². The first-order chi connectivity index (χ1) is 17.0. The van der Waals surface area contributed by atoms with Crippen molar-refractivity contribution in [3.05, 3.63) is 71.9 Å². The molecular formula is C26H28N6O3. The second-order valence-corrected chi connectivity index (χ2v) is 8.48. The smallest absolute Gasteiger partial charge is 0.229 e. The van der Waals surface area contributed by atoms with Crippen LogP contribution in [0.1, 0.15) is 22.9 Å². The molecule has 1 aliphatic rings. The maximum atomic E-state index is 6.03. The van der Waals surface area contributed by atoms with E-state index in [1.807, 2.05) is 49.0 Å². The summed E-state index contributed by atoms with van der Waals surface area (Å²) in [5.41, 5.74) is 4.95. The van der Waals surface area contributed by atoms with Crippen LogP contribution >= 0.6 is 0 Å². The normalized spacial score (nSPS) is 14.8. The number of nitrogens with zero attached hydrogens (tertiary/aromatic N) is 5. The summed E-state index contributed by atoms with van der Waals surface area (Å²) in [7, 11) is 5.34. The molecule has 0 amide bonds. The highest BCUT2D eigenvalue weighted by molar-refractivity contribution is 5.64. The summed E-state index contributed by atoms with van der Waals surface area (Å²) in [6, 6.07) is 11.9. The lowest BCUT2D eigenvalue weighted by Crippen LogP contribution is -2.34. The van der Waals surface area contributed by atoms with Crippen molar-refractivity contribution in [2.24, 2.45) is 0 Å². The van der Waals surface area contributed by atoms with E-state index < -0.39 is 0 Å². The van der Waals surface area contributed by atoms with Crippen LogP contribution in [-0.4, -0.2) is 47.4 Å². The fraction of sp³-hybridized carbons (Fsp3) is 0.269. The topological polar surface area (TPSA) is 86.6 Å². The Balaban J connectivity index is 1.41. The predicted molar refractivity (Wildman–Crippen MR) is 135 cm³/mol. The first-order valence-electron chi connectivity index (χ1n) is 11.3. The van der Waals surface area contributed by atoms with Crippen molar-refractivity contribution >= 4 is 17.5 Å². The largest absolute Gasteiger partial charge is 0.497 e. The number of aryl methyl sites for hydroxylation is 2. The molecule has 1 unspecified atom stereocenters. The number of imidazole rings is 1. The number of anilines is 3. The van der Waals surface area contributed by atoms with Crippen LogP contribution in [0.5, 0.6) is 17.2 Å². The number of ether oxygens (including phenoxy) is 3. The van der Waals surface area contributed by atoms with Gasteiger partial charge in [-0.25, -0.2) is 9.97 Å². The van der Waals surface area contributed by atoms with Gasteiger partial charge < -0.3 is 29.0 Å². The monoisotopic (exact) mass is 472 g/mol. The number of fused-ring (bicyclic) bond motifs is 1. The number of rotatable bonds is 6. The van der Waals surface area contributed by atoms with Crippen molar-refractivity contribution in [3.63, 3.8) is 0 Å². The Labute approximate surface area is 204 Å². The van der Waals surface area contributed by atoms with Gasteiger partial charge in [-0.05, 0) is 49.2 Å². The molecule has 2 aromatic carbocycles. The summed E-state index contributed by atoms with van der Waals surface area (Å²) >= 11 is 0. The molecule has 4 aromatic rings. The number of likely N-dealkylation sites (N-methyl/N-ethyl adjacent to an activating group) is 1. The van der Waals surface area contributed by atoms with Crippen LogP contribution in [-0.2, 0) is 0 Å². The van der Waals surface area contributed by atoms with E-state index in [0.29, 0.717) is 24.1 Å². The van der Waals surface area contributed by atoms with Gasteiger partial charge in [-0.15, -0.1) is 0 Å². The van der Waals surface area contributed by atoms with Gasteiger partial charge in [0.05, 0.1) is 44.2 Å². The number of hydrogen-bond acceptors (Lipinski definition) is 8. The van der Waals surface area contributed by atoms with Gasteiger partial charge >= 0.3 is 0 Å². The Bertz CT molecular complexity index is 1370. The summed E-state index contributed by atoms with van der Waals surface area (Å²) in [6.07, 6.45) is 5.42. The van der Waals surface area contributed by atoms with E-state index in [-0.39, 0.29) is 6.04 Å². The molecule has 0 radical (unpaired) electrons. The highest BCUT2D eigenvalue weighted by Crippen LogP contribution is 2.39. The van der Waals surface area contributed by atoms with E-state index in [1.54, 1.807) is 26.7 Å². The molecular weight excluding hydrogens is 444 g/mol. The first kappa shape index (κ1) is 22.5. The predicted octanol–water partition coefficient (Wildman–Crippen LogP) is 4.61. The van der Waals surface area contributed by atoms with Gasteiger partial charge in [0.25, 0.3) is 0 Å². The number of aromatic nitrogens is 4. The van der Waals surface area contributed by atoms with E-state index in [9.17, 15) is 0 Å². The van der Waals surface area contributed by atoms with Crippen molar-refractivity contribution in [1.29, 1.82) is 0 Å². The quantitative estimate of drug-likeness (QED) is 0.435. The van der Waals surface area contributed by atoms with Crippen molar-refractivity contribution in [1.82, 2.24) is 19.5 Å². The van der Waals surface area contributed by atoms with Gasteiger partial charge in [-0.3, -0.25) is 0 Å². The molecule has 5 rings (SSSR count). The third-order valence-corrected chi connectivity index (χ3v) is 6.21. The number of methoxy groups -OCH3 is 2. The van der Waals surface area contributed by atoms with Crippen LogP contribution in [0.2, 0.25) is 0 Å². The zero-order valence-corrected chi connectivity index (χ0v) is 20.4. The lowest BCUT2D eigenvalue weighted by atomic mass is 9.99. The lowest BCUT2D eigenvalue weighted by molar-refractivity contribution is 0.264. The minimum absolute atomic E-state index is 0.00151. The second kappa shape index (κ2) is 9.17. The molecule has 9 heteroatoms.